The van der Waals surface area contributed by atoms with Crippen molar-refractivity contribution in [3.8, 4) is 0 Å². The standard InChI is InChI=1S/C23H42N2O6/c26-22(16-20-4-1-5-20)18-31-19-23(27)25-9-3-11-29-13-15-30-14-12-28-10-2-8-24-17-21-6-7-21/h20-21,24H,1-19H2,(H,25,27). The van der Waals surface area contributed by atoms with E-state index in [0.29, 0.717) is 51.9 Å². The Hall–Kier alpha value is -1.06. The van der Waals surface area contributed by atoms with Gasteiger partial charge in [0.25, 0.3) is 0 Å². The maximum absolute atomic E-state index is 11.7. The van der Waals surface area contributed by atoms with E-state index in [2.05, 4.69) is 10.6 Å². The predicted octanol–water partition coefficient (Wildman–Crippen LogP) is 1.71. The molecular weight excluding hydrogens is 400 g/mol. The Balaban J connectivity index is 1.21. The number of ether oxygens (including phenoxy) is 4. The molecule has 0 heterocycles. The van der Waals surface area contributed by atoms with Gasteiger partial charge >= 0.3 is 0 Å². The number of carbonyl (C=O) groups excluding carboxylic acids is 2. The first-order chi connectivity index (χ1) is 15.2. The van der Waals surface area contributed by atoms with Crippen LogP contribution in [0, 0.1) is 11.8 Å². The number of carbonyl (C=O) groups is 2. The molecule has 31 heavy (non-hydrogen) atoms. The molecule has 0 radical (unpaired) electrons. The first-order valence-electron chi connectivity index (χ1n) is 12.0. The molecule has 2 rings (SSSR count). The minimum atomic E-state index is -0.196. The van der Waals surface area contributed by atoms with Crippen LogP contribution in [0.1, 0.15) is 51.4 Å². The Labute approximate surface area is 187 Å². The third-order valence-electron chi connectivity index (χ3n) is 5.54. The lowest BCUT2D eigenvalue weighted by Gasteiger charge is -2.24. The molecule has 0 aliphatic heterocycles. The minimum absolute atomic E-state index is 0.0374. The van der Waals surface area contributed by atoms with E-state index in [0.717, 1.165) is 51.3 Å². The van der Waals surface area contributed by atoms with E-state index < -0.39 is 0 Å². The molecule has 2 saturated carbocycles. The van der Waals surface area contributed by atoms with Crippen LogP contribution >= 0.6 is 0 Å². The quantitative estimate of drug-likeness (QED) is 0.247. The summed E-state index contributed by atoms with van der Waals surface area (Å²) >= 11 is 0. The molecule has 8 nitrogen and oxygen atoms in total. The van der Waals surface area contributed by atoms with Crippen LogP contribution in [0.4, 0.5) is 0 Å². The van der Waals surface area contributed by atoms with Gasteiger partial charge in [-0.2, -0.15) is 0 Å². The zero-order valence-corrected chi connectivity index (χ0v) is 19.0. The van der Waals surface area contributed by atoms with Crippen molar-refractivity contribution in [3.05, 3.63) is 0 Å². The van der Waals surface area contributed by atoms with Gasteiger partial charge in [-0.05, 0) is 50.6 Å². The maximum Gasteiger partial charge on any atom is 0.246 e. The topological polar surface area (TPSA) is 95.1 Å². The van der Waals surface area contributed by atoms with Crippen molar-refractivity contribution in [1.82, 2.24) is 10.6 Å². The van der Waals surface area contributed by atoms with Gasteiger partial charge in [-0.25, -0.2) is 0 Å². The molecule has 1 amide bonds. The largest absolute Gasteiger partial charge is 0.379 e. The van der Waals surface area contributed by atoms with E-state index in [1.165, 1.54) is 19.3 Å². The zero-order valence-electron chi connectivity index (χ0n) is 19.0. The number of amides is 1. The highest BCUT2D eigenvalue weighted by Crippen LogP contribution is 2.29. The second kappa shape index (κ2) is 17.5. The Kier molecular flexibility index (Phi) is 14.8. The monoisotopic (exact) mass is 442 g/mol. The summed E-state index contributed by atoms with van der Waals surface area (Å²) < 4.78 is 21.7. The molecule has 2 aliphatic rings. The van der Waals surface area contributed by atoms with Crippen LogP contribution in [-0.4, -0.2) is 84.2 Å². The highest BCUT2D eigenvalue weighted by Gasteiger charge is 2.21. The lowest BCUT2D eigenvalue weighted by Crippen LogP contribution is -2.30. The number of rotatable bonds is 22. The van der Waals surface area contributed by atoms with Crippen molar-refractivity contribution in [1.29, 1.82) is 0 Å². The van der Waals surface area contributed by atoms with Gasteiger partial charge in [0, 0.05) is 26.2 Å². The molecule has 0 unspecified atom stereocenters. The molecular formula is C23H42N2O6. The van der Waals surface area contributed by atoms with Gasteiger partial charge in [0.1, 0.15) is 13.2 Å². The number of ketones is 1. The first kappa shape index (κ1) is 26.2. The average Bonchev–Trinajstić information content (AvgIpc) is 3.55. The van der Waals surface area contributed by atoms with Crippen LogP contribution in [0.15, 0.2) is 0 Å². The summed E-state index contributed by atoms with van der Waals surface area (Å²) in [5.41, 5.74) is 0. The van der Waals surface area contributed by atoms with Gasteiger partial charge in [-0.15, -0.1) is 0 Å². The molecule has 2 fully saturated rings. The van der Waals surface area contributed by atoms with Crippen molar-refractivity contribution >= 4 is 11.7 Å². The molecule has 0 bridgehead atoms. The molecule has 2 aliphatic carbocycles. The number of hydrogen-bond acceptors (Lipinski definition) is 7. The van der Waals surface area contributed by atoms with Gasteiger partial charge < -0.3 is 29.6 Å². The smallest absolute Gasteiger partial charge is 0.246 e. The van der Waals surface area contributed by atoms with Crippen molar-refractivity contribution in [3.63, 3.8) is 0 Å². The molecule has 0 aromatic heterocycles. The summed E-state index contributed by atoms with van der Waals surface area (Å²) in [7, 11) is 0. The van der Waals surface area contributed by atoms with Crippen LogP contribution in [0.5, 0.6) is 0 Å². The van der Waals surface area contributed by atoms with E-state index >= 15 is 0 Å². The third kappa shape index (κ3) is 15.4. The Bertz CT molecular complexity index is 483. The summed E-state index contributed by atoms with van der Waals surface area (Å²) in [6.07, 6.45) is 8.66. The number of Topliss-reactive ketones (excluding diaryl/α,β-unsaturated/α-hetero) is 1. The van der Waals surface area contributed by atoms with Crippen LogP contribution in [0.3, 0.4) is 0 Å². The average molecular weight is 443 g/mol. The summed E-state index contributed by atoms with van der Waals surface area (Å²) in [5.74, 6) is 1.37. The minimum Gasteiger partial charge on any atom is -0.379 e. The lowest BCUT2D eigenvalue weighted by atomic mass is 9.82. The molecule has 8 heteroatoms. The van der Waals surface area contributed by atoms with Crippen molar-refractivity contribution in [2.45, 2.75) is 51.4 Å². The summed E-state index contributed by atoms with van der Waals surface area (Å²) in [6.45, 7) is 6.29. The fourth-order valence-electron chi connectivity index (χ4n) is 3.26. The van der Waals surface area contributed by atoms with Crippen LogP contribution < -0.4 is 10.6 Å². The second-order valence-electron chi connectivity index (χ2n) is 8.57. The molecule has 0 aromatic carbocycles. The van der Waals surface area contributed by atoms with Crippen molar-refractivity contribution in [2.75, 3.05) is 72.5 Å². The normalized spacial score (nSPS) is 16.3. The summed E-state index contributed by atoms with van der Waals surface area (Å²) in [6, 6.07) is 0. The van der Waals surface area contributed by atoms with Gasteiger partial charge in [-0.3, -0.25) is 9.59 Å². The fourth-order valence-corrected chi connectivity index (χ4v) is 3.26. The Morgan fingerprint density at radius 1 is 0.710 bits per heavy atom. The number of hydrogen-bond donors (Lipinski definition) is 2. The van der Waals surface area contributed by atoms with Crippen LogP contribution in [0.25, 0.3) is 0 Å². The van der Waals surface area contributed by atoms with E-state index in [1.54, 1.807) is 0 Å². The molecule has 2 N–H and O–H groups in total. The van der Waals surface area contributed by atoms with E-state index in [9.17, 15) is 9.59 Å². The van der Waals surface area contributed by atoms with E-state index in [-0.39, 0.29) is 24.9 Å². The summed E-state index contributed by atoms with van der Waals surface area (Å²) in [5, 5.41) is 6.21. The first-order valence-corrected chi connectivity index (χ1v) is 12.0. The molecule has 0 atom stereocenters. The SMILES string of the molecule is O=C(COCC(=O)NCCCOCCOCCOCCCNCC1CC1)CC1CCC1. The van der Waals surface area contributed by atoms with Crippen LogP contribution in [0.2, 0.25) is 0 Å². The van der Waals surface area contributed by atoms with E-state index in [4.69, 9.17) is 18.9 Å². The highest BCUT2D eigenvalue weighted by molar-refractivity contribution is 5.81. The zero-order chi connectivity index (χ0) is 22.0. The van der Waals surface area contributed by atoms with Gasteiger partial charge in [0.2, 0.25) is 5.91 Å². The molecule has 0 aromatic rings. The molecule has 0 spiro atoms. The Morgan fingerprint density at radius 2 is 1.35 bits per heavy atom. The second-order valence-corrected chi connectivity index (χ2v) is 8.57. The van der Waals surface area contributed by atoms with E-state index in [1.807, 2.05) is 0 Å². The fraction of sp³-hybridized carbons (Fsp3) is 0.913. The summed E-state index contributed by atoms with van der Waals surface area (Å²) in [4.78, 5) is 23.3. The van der Waals surface area contributed by atoms with Gasteiger partial charge in [0.15, 0.2) is 5.78 Å². The third-order valence-corrected chi connectivity index (χ3v) is 5.54. The van der Waals surface area contributed by atoms with Gasteiger partial charge in [-0.1, -0.05) is 19.3 Å². The number of nitrogens with one attached hydrogen (secondary N) is 2. The predicted molar refractivity (Wildman–Crippen MR) is 118 cm³/mol. The Morgan fingerprint density at radius 3 is 1.97 bits per heavy atom. The molecule has 180 valence electrons. The highest BCUT2D eigenvalue weighted by atomic mass is 16.5. The van der Waals surface area contributed by atoms with Gasteiger partial charge in [0.05, 0.1) is 26.4 Å². The van der Waals surface area contributed by atoms with Crippen molar-refractivity contribution < 1.29 is 28.5 Å². The molecule has 0 saturated heterocycles. The van der Waals surface area contributed by atoms with Crippen molar-refractivity contribution in [2.24, 2.45) is 11.8 Å². The lowest BCUT2D eigenvalue weighted by molar-refractivity contribution is -0.130. The maximum atomic E-state index is 11.7. The van der Waals surface area contributed by atoms with Crippen LogP contribution in [-0.2, 0) is 28.5 Å².